The Hall–Kier alpha value is -1.58. The molecule has 2 amide bonds. The van der Waals surface area contributed by atoms with Crippen LogP contribution in [0.15, 0.2) is 24.4 Å². The predicted molar refractivity (Wildman–Crippen MR) is 66.5 cm³/mol. The van der Waals surface area contributed by atoms with Crippen molar-refractivity contribution in [3.63, 3.8) is 0 Å². The number of hydrogen-bond donors (Lipinski definition) is 1. The minimum absolute atomic E-state index is 0.0304. The summed E-state index contributed by atoms with van der Waals surface area (Å²) < 4.78 is 0. The first-order chi connectivity index (χ1) is 8.29. The van der Waals surface area contributed by atoms with Crippen molar-refractivity contribution in [1.82, 2.24) is 15.2 Å². The molecular formula is C13H19N3O. The van der Waals surface area contributed by atoms with Crippen molar-refractivity contribution in [2.24, 2.45) is 0 Å². The van der Waals surface area contributed by atoms with Crippen LogP contribution < -0.4 is 5.32 Å². The Morgan fingerprint density at radius 1 is 1.53 bits per heavy atom. The van der Waals surface area contributed by atoms with Gasteiger partial charge in [-0.15, -0.1) is 0 Å². The maximum absolute atomic E-state index is 12.0. The molecule has 4 nitrogen and oxygen atoms in total. The van der Waals surface area contributed by atoms with Crippen molar-refractivity contribution in [3.05, 3.63) is 30.1 Å². The fourth-order valence-corrected chi connectivity index (χ4v) is 1.83. The fraction of sp³-hybridized carbons (Fsp3) is 0.538. The molecule has 1 aliphatic carbocycles. The second-order valence-corrected chi connectivity index (χ2v) is 4.41. The van der Waals surface area contributed by atoms with Crippen molar-refractivity contribution >= 4 is 6.03 Å². The Bertz CT molecular complexity index is 362. The number of hydrogen-bond acceptors (Lipinski definition) is 2. The van der Waals surface area contributed by atoms with Gasteiger partial charge in [-0.1, -0.05) is 6.07 Å². The van der Waals surface area contributed by atoms with Crippen molar-refractivity contribution in [1.29, 1.82) is 0 Å². The molecule has 1 N–H and O–H groups in total. The number of rotatable bonds is 4. The molecule has 0 atom stereocenters. The van der Waals surface area contributed by atoms with Gasteiger partial charge in [0.2, 0.25) is 0 Å². The van der Waals surface area contributed by atoms with E-state index in [1.807, 2.05) is 25.1 Å². The van der Waals surface area contributed by atoms with Crippen molar-refractivity contribution in [2.45, 2.75) is 38.8 Å². The van der Waals surface area contributed by atoms with E-state index in [-0.39, 0.29) is 6.03 Å². The lowest BCUT2D eigenvalue weighted by atomic mass is 9.93. The van der Waals surface area contributed by atoms with Crippen molar-refractivity contribution in [3.8, 4) is 0 Å². The smallest absolute Gasteiger partial charge is 0.317 e. The van der Waals surface area contributed by atoms with Crippen LogP contribution in [0.3, 0.4) is 0 Å². The van der Waals surface area contributed by atoms with Crippen molar-refractivity contribution < 1.29 is 4.79 Å². The van der Waals surface area contributed by atoms with Crippen LogP contribution in [0.25, 0.3) is 0 Å². The molecule has 1 aromatic rings. The van der Waals surface area contributed by atoms with Crippen LogP contribution in [0.1, 0.15) is 31.9 Å². The third-order valence-electron chi connectivity index (χ3n) is 3.18. The molecule has 1 fully saturated rings. The van der Waals surface area contributed by atoms with Crippen LogP contribution in [-0.4, -0.2) is 28.5 Å². The van der Waals surface area contributed by atoms with E-state index in [4.69, 9.17) is 0 Å². The number of carbonyl (C=O) groups excluding carboxylic acids is 1. The summed E-state index contributed by atoms with van der Waals surface area (Å²) in [7, 11) is 0. The molecule has 1 saturated carbocycles. The van der Waals surface area contributed by atoms with Crippen LogP contribution >= 0.6 is 0 Å². The Morgan fingerprint density at radius 2 is 2.35 bits per heavy atom. The average molecular weight is 233 g/mol. The van der Waals surface area contributed by atoms with E-state index in [0.29, 0.717) is 19.1 Å². The van der Waals surface area contributed by atoms with Gasteiger partial charge in [0, 0.05) is 18.8 Å². The van der Waals surface area contributed by atoms with E-state index < -0.39 is 0 Å². The van der Waals surface area contributed by atoms with Gasteiger partial charge in [0.25, 0.3) is 0 Å². The highest BCUT2D eigenvalue weighted by molar-refractivity contribution is 5.74. The molecule has 2 rings (SSSR count). The number of carbonyl (C=O) groups is 1. The minimum Gasteiger partial charge on any atom is -0.335 e. The normalized spacial score (nSPS) is 15.1. The number of nitrogens with one attached hydrogen (secondary N) is 1. The average Bonchev–Trinajstić information content (AvgIpc) is 2.32. The number of pyridine rings is 1. The summed E-state index contributed by atoms with van der Waals surface area (Å²) in [5.74, 6) is 0. The predicted octanol–water partition coefficient (Wildman–Crippen LogP) is 2.17. The first-order valence-electron chi connectivity index (χ1n) is 6.25. The summed E-state index contributed by atoms with van der Waals surface area (Å²) in [4.78, 5) is 18.0. The Morgan fingerprint density at radius 3 is 2.88 bits per heavy atom. The van der Waals surface area contributed by atoms with Gasteiger partial charge in [0.05, 0.1) is 12.2 Å². The molecule has 0 bridgehead atoms. The largest absolute Gasteiger partial charge is 0.335 e. The molecule has 1 aliphatic rings. The fourth-order valence-electron chi connectivity index (χ4n) is 1.83. The molecule has 0 saturated heterocycles. The van der Waals surface area contributed by atoms with Gasteiger partial charge in [-0.2, -0.15) is 0 Å². The first kappa shape index (κ1) is 11.9. The van der Waals surface area contributed by atoms with E-state index >= 15 is 0 Å². The van der Waals surface area contributed by atoms with E-state index in [2.05, 4.69) is 10.3 Å². The lowest BCUT2D eigenvalue weighted by Crippen LogP contribution is -2.47. The molecule has 0 radical (unpaired) electrons. The van der Waals surface area contributed by atoms with Crippen molar-refractivity contribution in [2.75, 3.05) is 6.54 Å². The highest BCUT2D eigenvalue weighted by atomic mass is 16.2. The highest BCUT2D eigenvalue weighted by Crippen LogP contribution is 2.18. The third-order valence-corrected chi connectivity index (χ3v) is 3.18. The quantitative estimate of drug-likeness (QED) is 0.866. The molecule has 1 heterocycles. The van der Waals surface area contributed by atoms with Gasteiger partial charge >= 0.3 is 6.03 Å². The van der Waals surface area contributed by atoms with Crippen LogP contribution in [0.2, 0.25) is 0 Å². The topological polar surface area (TPSA) is 45.2 Å². The van der Waals surface area contributed by atoms with Crippen LogP contribution in [0.4, 0.5) is 4.79 Å². The third kappa shape index (κ3) is 3.19. The zero-order valence-corrected chi connectivity index (χ0v) is 10.2. The number of amides is 2. The summed E-state index contributed by atoms with van der Waals surface area (Å²) in [5.41, 5.74) is 0.929. The zero-order chi connectivity index (χ0) is 12.1. The van der Waals surface area contributed by atoms with Gasteiger partial charge in [0.1, 0.15) is 0 Å². The second-order valence-electron chi connectivity index (χ2n) is 4.41. The Kier molecular flexibility index (Phi) is 3.96. The summed E-state index contributed by atoms with van der Waals surface area (Å²) >= 11 is 0. The maximum atomic E-state index is 12.0. The van der Waals surface area contributed by atoms with Gasteiger partial charge < -0.3 is 10.2 Å². The lowest BCUT2D eigenvalue weighted by Gasteiger charge is -2.30. The number of aromatic nitrogens is 1. The zero-order valence-electron chi connectivity index (χ0n) is 10.2. The van der Waals surface area contributed by atoms with E-state index in [0.717, 1.165) is 18.5 Å². The maximum Gasteiger partial charge on any atom is 0.317 e. The molecule has 17 heavy (non-hydrogen) atoms. The second kappa shape index (κ2) is 5.66. The molecule has 92 valence electrons. The summed E-state index contributed by atoms with van der Waals surface area (Å²) in [6.07, 6.45) is 5.23. The molecule has 4 heteroatoms. The van der Waals surface area contributed by atoms with Gasteiger partial charge in [-0.25, -0.2) is 4.79 Å². The van der Waals surface area contributed by atoms with E-state index in [1.54, 1.807) is 11.1 Å². The van der Waals surface area contributed by atoms with E-state index in [9.17, 15) is 4.79 Å². The van der Waals surface area contributed by atoms with E-state index in [1.165, 1.54) is 6.42 Å². The summed E-state index contributed by atoms with van der Waals surface area (Å²) in [5, 5.41) is 3.05. The highest BCUT2D eigenvalue weighted by Gasteiger charge is 2.22. The molecule has 0 aromatic carbocycles. The molecule has 0 unspecified atom stereocenters. The summed E-state index contributed by atoms with van der Waals surface area (Å²) in [6, 6.07) is 6.19. The van der Waals surface area contributed by atoms with Gasteiger partial charge in [0.15, 0.2) is 0 Å². The molecule has 0 aliphatic heterocycles. The summed E-state index contributed by atoms with van der Waals surface area (Å²) in [6.45, 7) is 3.27. The SMILES string of the molecule is CCN(Cc1ccccn1)C(=O)NC1CCC1. The molecule has 0 spiro atoms. The lowest BCUT2D eigenvalue weighted by molar-refractivity contribution is 0.186. The monoisotopic (exact) mass is 233 g/mol. The van der Waals surface area contributed by atoms with Gasteiger partial charge in [-0.3, -0.25) is 4.98 Å². The van der Waals surface area contributed by atoms with Crippen LogP contribution in [-0.2, 0) is 6.54 Å². The first-order valence-corrected chi connectivity index (χ1v) is 6.25. The standard InChI is InChI=1S/C13H19N3O/c1-2-16(10-12-6-3-4-9-14-12)13(17)15-11-7-5-8-11/h3-4,6,9,11H,2,5,7-8,10H2,1H3,(H,15,17). The minimum atomic E-state index is 0.0304. The Balaban J connectivity index is 1.89. The van der Waals surface area contributed by atoms with Gasteiger partial charge in [-0.05, 0) is 38.3 Å². The number of nitrogens with zero attached hydrogens (tertiary/aromatic N) is 2. The number of urea groups is 1. The molecular weight excluding hydrogens is 214 g/mol. The van der Waals surface area contributed by atoms with Crippen LogP contribution in [0.5, 0.6) is 0 Å². The van der Waals surface area contributed by atoms with Crippen LogP contribution in [0, 0.1) is 0 Å². The Labute approximate surface area is 102 Å². The molecule has 1 aromatic heterocycles.